The van der Waals surface area contributed by atoms with Crippen molar-refractivity contribution >= 4 is 29.2 Å². The summed E-state index contributed by atoms with van der Waals surface area (Å²) in [6.07, 6.45) is 0. The van der Waals surface area contributed by atoms with Crippen LogP contribution in [-0.2, 0) is 11.3 Å². The van der Waals surface area contributed by atoms with Gasteiger partial charge in [0.1, 0.15) is 0 Å². The highest BCUT2D eigenvalue weighted by Crippen LogP contribution is 2.13. The van der Waals surface area contributed by atoms with Crippen molar-refractivity contribution < 1.29 is 9.59 Å². The second-order valence-corrected chi connectivity index (χ2v) is 7.05. The van der Waals surface area contributed by atoms with Gasteiger partial charge in [-0.2, -0.15) is 0 Å². The van der Waals surface area contributed by atoms with Gasteiger partial charge in [-0.3, -0.25) is 19.6 Å². The van der Waals surface area contributed by atoms with E-state index in [1.165, 1.54) is 9.78 Å². The molecule has 2 fully saturated rings. The molecular weight excluding hydrogens is 340 g/mol. The molecule has 3 amide bonds. The van der Waals surface area contributed by atoms with E-state index >= 15 is 0 Å². The Morgan fingerprint density at radius 1 is 1.32 bits per heavy atom. The van der Waals surface area contributed by atoms with Crippen LogP contribution >= 0.6 is 11.3 Å². The minimum Gasteiger partial charge on any atom is -0.354 e. The van der Waals surface area contributed by atoms with Crippen LogP contribution in [0, 0.1) is 0 Å². The number of thiophene rings is 1. The van der Waals surface area contributed by atoms with Gasteiger partial charge in [-0.15, -0.1) is 11.3 Å². The molecule has 1 aromatic heterocycles. The number of nitrogens with zero attached hydrogens (tertiary/aromatic N) is 4. The number of amides is 3. The van der Waals surface area contributed by atoms with Crippen molar-refractivity contribution in [2.75, 3.05) is 52.9 Å². The van der Waals surface area contributed by atoms with Crippen molar-refractivity contribution in [3.05, 3.63) is 22.4 Å². The standard InChI is InChI=1S/C16H24N6O2S/c1-17-15(18-4-5-22-14(23)11-19-16(22)24)21-8-6-20(7-9-21)12-13-3-2-10-25-13/h2-3,10H,4-9,11-12H2,1H3,(H,17,18)(H,19,24). The summed E-state index contributed by atoms with van der Waals surface area (Å²) < 4.78 is 0. The fraction of sp³-hybridized carbons (Fsp3) is 0.562. The molecule has 2 N–H and O–H groups in total. The number of hydrogen-bond donors (Lipinski definition) is 2. The van der Waals surface area contributed by atoms with Crippen LogP contribution in [0.25, 0.3) is 0 Å². The van der Waals surface area contributed by atoms with Crippen LogP contribution in [0.3, 0.4) is 0 Å². The number of aliphatic imine (C=N–C) groups is 1. The number of piperazine rings is 1. The predicted molar refractivity (Wildman–Crippen MR) is 97.6 cm³/mol. The number of carbonyl (C=O) groups is 2. The Labute approximate surface area is 151 Å². The fourth-order valence-corrected chi connectivity index (χ4v) is 3.78. The third kappa shape index (κ3) is 4.49. The number of hydrogen-bond acceptors (Lipinski definition) is 5. The Hall–Kier alpha value is -2.13. The van der Waals surface area contributed by atoms with Crippen LogP contribution in [0.4, 0.5) is 4.79 Å². The highest BCUT2D eigenvalue weighted by molar-refractivity contribution is 7.09. The highest BCUT2D eigenvalue weighted by Gasteiger charge is 2.28. The number of urea groups is 1. The van der Waals surface area contributed by atoms with E-state index in [-0.39, 0.29) is 18.5 Å². The topological polar surface area (TPSA) is 80.3 Å². The molecule has 25 heavy (non-hydrogen) atoms. The van der Waals surface area contributed by atoms with E-state index in [9.17, 15) is 9.59 Å². The molecule has 2 saturated heterocycles. The molecule has 2 aliphatic rings. The van der Waals surface area contributed by atoms with Crippen molar-refractivity contribution in [3.8, 4) is 0 Å². The number of imide groups is 1. The third-order valence-corrected chi connectivity index (χ3v) is 5.26. The van der Waals surface area contributed by atoms with Gasteiger partial charge < -0.3 is 15.5 Å². The number of nitrogens with one attached hydrogen (secondary N) is 2. The number of guanidine groups is 1. The molecule has 2 aliphatic heterocycles. The Morgan fingerprint density at radius 3 is 2.72 bits per heavy atom. The van der Waals surface area contributed by atoms with Crippen LogP contribution in [0.1, 0.15) is 4.88 Å². The molecule has 3 heterocycles. The molecule has 136 valence electrons. The highest BCUT2D eigenvalue weighted by atomic mass is 32.1. The monoisotopic (exact) mass is 364 g/mol. The lowest BCUT2D eigenvalue weighted by Crippen LogP contribution is -2.53. The summed E-state index contributed by atoms with van der Waals surface area (Å²) in [4.78, 5) is 34.7. The lowest BCUT2D eigenvalue weighted by Gasteiger charge is -2.36. The zero-order valence-corrected chi connectivity index (χ0v) is 15.2. The summed E-state index contributed by atoms with van der Waals surface area (Å²) in [5.41, 5.74) is 0. The van der Waals surface area contributed by atoms with E-state index in [2.05, 4.69) is 42.9 Å². The maximum atomic E-state index is 11.6. The first-order valence-corrected chi connectivity index (χ1v) is 9.34. The summed E-state index contributed by atoms with van der Waals surface area (Å²) in [6, 6.07) is 3.95. The normalized spacial score (nSPS) is 19.5. The third-order valence-electron chi connectivity index (χ3n) is 4.40. The van der Waals surface area contributed by atoms with Crippen molar-refractivity contribution in [2.45, 2.75) is 6.54 Å². The first-order chi connectivity index (χ1) is 12.2. The molecule has 8 nitrogen and oxygen atoms in total. The molecule has 9 heteroatoms. The minimum atomic E-state index is -0.316. The summed E-state index contributed by atoms with van der Waals surface area (Å²) in [7, 11) is 1.76. The zero-order chi connectivity index (χ0) is 17.6. The Balaban J connectivity index is 1.41. The smallest absolute Gasteiger partial charge is 0.324 e. The van der Waals surface area contributed by atoms with Crippen LogP contribution < -0.4 is 10.6 Å². The minimum absolute atomic E-state index is 0.0970. The van der Waals surface area contributed by atoms with Gasteiger partial charge in [-0.05, 0) is 11.4 Å². The van der Waals surface area contributed by atoms with Crippen molar-refractivity contribution in [1.29, 1.82) is 0 Å². The quantitative estimate of drug-likeness (QED) is 0.437. The van der Waals surface area contributed by atoms with E-state index in [0.717, 1.165) is 38.7 Å². The molecule has 0 unspecified atom stereocenters. The van der Waals surface area contributed by atoms with E-state index in [4.69, 9.17) is 0 Å². The van der Waals surface area contributed by atoms with Gasteiger partial charge in [0.05, 0.1) is 6.54 Å². The Kier molecular flexibility index (Phi) is 5.87. The second-order valence-electron chi connectivity index (χ2n) is 6.02. The zero-order valence-electron chi connectivity index (χ0n) is 14.4. The summed E-state index contributed by atoms with van der Waals surface area (Å²) in [5, 5.41) is 7.89. The van der Waals surface area contributed by atoms with E-state index in [0.29, 0.717) is 13.1 Å². The van der Waals surface area contributed by atoms with Crippen molar-refractivity contribution in [1.82, 2.24) is 25.3 Å². The van der Waals surface area contributed by atoms with E-state index < -0.39 is 0 Å². The first-order valence-electron chi connectivity index (χ1n) is 8.46. The second kappa shape index (κ2) is 8.30. The van der Waals surface area contributed by atoms with Crippen molar-refractivity contribution in [3.63, 3.8) is 0 Å². The molecule has 0 aromatic carbocycles. The lowest BCUT2D eigenvalue weighted by molar-refractivity contribution is -0.124. The van der Waals surface area contributed by atoms with Gasteiger partial charge in [0.15, 0.2) is 5.96 Å². The first kappa shape index (κ1) is 17.7. The summed E-state index contributed by atoms with van der Waals surface area (Å²) in [5.74, 6) is 0.645. The Bertz CT molecular complexity index is 609. The van der Waals surface area contributed by atoms with E-state index in [1.54, 1.807) is 18.4 Å². The van der Waals surface area contributed by atoms with E-state index in [1.807, 2.05) is 0 Å². The number of carbonyl (C=O) groups excluding carboxylic acids is 2. The lowest BCUT2D eigenvalue weighted by atomic mass is 10.3. The molecule has 0 atom stereocenters. The summed E-state index contributed by atoms with van der Waals surface area (Å²) in [6.45, 7) is 5.76. The maximum Gasteiger partial charge on any atom is 0.324 e. The van der Waals surface area contributed by atoms with Gasteiger partial charge in [-0.25, -0.2) is 4.79 Å². The van der Waals surface area contributed by atoms with Crippen LogP contribution in [0.5, 0.6) is 0 Å². The SMILES string of the molecule is CN=C(NCCN1C(=O)CNC1=O)N1CCN(Cc2cccs2)CC1. The maximum absolute atomic E-state index is 11.6. The molecule has 0 radical (unpaired) electrons. The fourth-order valence-electron chi connectivity index (χ4n) is 3.03. The van der Waals surface area contributed by atoms with Crippen LogP contribution in [-0.4, -0.2) is 85.5 Å². The van der Waals surface area contributed by atoms with Gasteiger partial charge in [0.2, 0.25) is 5.91 Å². The number of rotatable bonds is 5. The molecule has 0 spiro atoms. The van der Waals surface area contributed by atoms with Gasteiger partial charge in [-0.1, -0.05) is 6.07 Å². The molecule has 0 saturated carbocycles. The molecule has 0 aliphatic carbocycles. The van der Waals surface area contributed by atoms with Gasteiger partial charge >= 0.3 is 6.03 Å². The van der Waals surface area contributed by atoms with Crippen LogP contribution in [0.15, 0.2) is 22.5 Å². The van der Waals surface area contributed by atoms with Crippen LogP contribution in [0.2, 0.25) is 0 Å². The predicted octanol–water partition coefficient (Wildman–Crippen LogP) is -0.00710. The van der Waals surface area contributed by atoms with Gasteiger partial charge in [0, 0.05) is 57.7 Å². The largest absolute Gasteiger partial charge is 0.354 e. The average Bonchev–Trinajstić information content (AvgIpc) is 3.24. The molecule has 1 aromatic rings. The van der Waals surface area contributed by atoms with Gasteiger partial charge in [0.25, 0.3) is 0 Å². The molecular formula is C16H24N6O2S. The van der Waals surface area contributed by atoms with Crippen molar-refractivity contribution in [2.24, 2.45) is 4.99 Å². The summed E-state index contributed by atoms with van der Waals surface area (Å²) >= 11 is 1.80. The Morgan fingerprint density at radius 2 is 2.12 bits per heavy atom. The molecule has 0 bridgehead atoms. The average molecular weight is 364 g/mol. The molecule has 3 rings (SSSR count).